The maximum atomic E-state index is 14.9. The molecule has 8 atom stereocenters. The van der Waals surface area contributed by atoms with E-state index >= 15 is 0 Å². The number of carbonyl (C=O) groups is 2. The number of hydrogen-bond donors (Lipinski definition) is 4. The summed E-state index contributed by atoms with van der Waals surface area (Å²) in [5.41, 5.74) is -0.114. The van der Waals surface area contributed by atoms with Crippen molar-refractivity contribution in [3.63, 3.8) is 0 Å². The Labute approximate surface area is 300 Å². The van der Waals surface area contributed by atoms with Crippen molar-refractivity contribution in [3.05, 3.63) is 64.0 Å². The molecule has 2 saturated heterocycles. The Morgan fingerprint density at radius 3 is 2.31 bits per heavy atom. The van der Waals surface area contributed by atoms with Gasteiger partial charge in [-0.3, -0.25) is 9.59 Å². The van der Waals surface area contributed by atoms with Crippen LogP contribution in [0.15, 0.2) is 36.5 Å². The van der Waals surface area contributed by atoms with Gasteiger partial charge in [0.2, 0.25) is 5.91 Å². The number of carbonyl (C=O) groups excluding carboxylic acids is 2. The summed E-state index contributed by atoms with van der Waals surface area (Å²) in [5.74, 6) is -5.96. The number of nitrogens with zero attached hydrogens (tertiary/aromatic N) is 5. The quantitative estimate of drug-likeness (QED) is 0.238. The number of aliphatic hydroxyl groups excluding tert-OH is 4. The second-order valence-corrected chi connectivity index (χ2v) is 13.8. The van der Waals surface area contributed by atoms with Crippen LogP contribution in [0, 0.1) is 17.5 Å². The van der Waals surface area contributed by atoms with Crippen LogP contribution in [0.3, 0.4) is 0 Å². The molecular weight excluding hydrogens is 722 g/mol. The average molecular weight is 759 g/mol. The standard InChI is InChI=1S/C33H36Cl2F3N5O8/c34-17-9-18(35)11-19(10-17)43(24-3-1-2-4-25(24)46)33(49)32-31(50-15-27(47)41-6-5-20(45)12-41)29(30(48)26(14-44)51-32)42-13-23(39-40-42)16-7-21(36)28(38)22(37)8-16/h7-11,13,20,24-26,29-32,44-46,48H,1-6,12,14-15H2/t20-,24-,25-,26?,29?,30?,31?,32?/m0/s1. The van der Waals surface area contributed by atoms with E-state index in [1.165, 1.54) is 34.2 Å². The average Bonchev–Trinajstić information content (AvgIpc) is 3.76. The minimum absolute atomic E-state index is 0.0600. The Kier molecular flexibility index (Phi) is 11.5. The number of benzene rings is 2. The lowest BCUT2D eigenvalue weighted by atomic mass is 9.88. The largest absolute Gasteiger partial charge is 0.394 e. The highest BCUT2D eigenvalue weighted by Gasteiger charge is 2.52. The summed E-state index contributed by atoms with van der Waals surface area (Å²) in [5, 5.41) is 51.3. The molecule has 1 saturated carbocycles. The van der Waals surface area contributed by atoms with Crippen LogP contribution in [0.5, 0.6) is 0 Å². The van der Waals surface area contributed by atoms with Gasteiger partial charge in [0.05, 0.1) is 31.1 Å². The Balaban J connectivity index is 1.42. The Bertz CT molecular complexity index is 1710. The molecule has 2 aliphatic heterocycles. The molecule has 13 nitrogen and oxygen atoms in total. The predicted octanol–water partition coefficient (Wildman–Crippen LogP) is 2.65. The van der Waals surface area contributed by atoms with Gasteiger partial charge in [-0.2, -0.15) is 0 Å². The van der Waals surface area contributed by atoms with Crippen molar-refractivity contribution in [2.24, 2.45) is 0 Å². The molecule has 0 bridgehead atoms. The molecule has 1 aliphatic carbocycles. The van der Waals surface area contributed by atoms with Crippen LogP contribution in [0.4, 0.5) is 18.9 Å². The first kappa shape index (κ1) is 37.4. The van der Waals surface area contributed by atoms with Crippen LogP contribution in [0.2, 0.25) is 10.0 Å². The number of hydrogen-bond acceptors (Lipinski definition) is 10. The van der Waals surface area contributed by atoms with Crippen LogP contribution in [-0.2, 0) is 19.1 Å². The second-order valence-electron chi connectivity index (χ2n) is 12.9. The number of anilines is 1. The molecule has 6 rings (SSSR count). The molecule has 3 heterocycles. The van der Waals surface area contributed by atoms with Crippen LogP contribution < -0.4 is 4.90 Å². The normalized spacial score (nSPS) is 28.2. The molecular formula is C33H36Cl2F3N5O8. The van der Waals surface area contributed by atoms with Crippen molar-refractivity contribution in [2.75, 3.05) is 31.2 Å². The summed E-state index contributed by atoms with van der Waals surface area (Å²) in [7, 11) is 0. The molecule has 3 aromatic rings. The molecule has 276 valence electrons. The van der Waals surface area contributed by atoms with Gasteiger partial charge in [0.25, 0.3) is 5.91 Å². The van der Waals surface area contributed by atoms with Crippen molar-refractivity contribution in [2.45, 2.75) is 80.8 Å². The third-order valence-electron chi connectivity index (χ3n) is 9.51. The summed E-state index contributed by atoms with van der Waals surface area (Å²) >= 11 is 12.7. The molecule has 0 radical (unpaired) electrons. The van der Waals surface area contributed by atoms with Crippen LogP contribution in [0.1, 0.15) is 38.1 Å². The zero-order valence-corrected chi connectivity index (χ0v) is 28.5. The molecule has 0 spiro atoms. The zero-order valence-electron chi connectivity index (χ0n) is 27.0. The summed E-state index contributed by atoms with van der Waals surface area (Å²) in [4.78, 5) is 30.7. The van der Waals surface area contributed by atoms with Gasteiger partial charge in [-0.15, -0.1) is 5.10 Å². The predicted molar refractivity (Wildman–Crippen MR) is 175 cm³/mol. The van der Waals surface area contributed by atoms with Crippen molar-refractivity contribution in [1.82, 2.24) is 19.9 Å². The van der Waals surface area contributed by atoms with E-state index in [-0.39, 0.29) is 40.1 Å². The number of β-amino-alcohol motifs (C(OH)–C–C–N with tert-alkyl or cyclic N) is 1. The number of aliphatic hydroxyl groups is 4. The molecule has 2 aromatic carbocycles. The Morgan fingerprint density at radius 1 is 1.00 bits per heavy atom. The molecule has 4 N–H and O–H groups in total. The van der Waals surface area contributed by atoms with Crippen LogP contribution >= 0.6 is 23.2 Å². The first-order chi connectivity index (χ1) is 24.4. The summed E-state index contributed by atoms with van der Waals surface area (Å²) < 4.78 is 55.2. The van der Waals surface area contributed by atoms with Gasteiger partial charge >= 0.3 is 0 Å². The zero-order chi connectivity index (χ0) is 36.6. The van der Waals surface area contributed by atoms with Gasteiger partial charge in [0, 0.05) is 34.4 Å². The van der Waals surface area contributed by atoms with Crippen LogP contribution in [-0.4, -0.2) is 121 Å². The van der Waals surface area contributed by atoms with E-state index in [4.69, 9.17) is 32.7 Å². The topological polar surface area (TPSA) is 171 Å². The van der Waals surface area contributed by atoms with E-state index in [0.717, 1.165) is 4.68 Å². The summed E-state index contributed by atoms with van der Waals surface area (Å²) in [6.45, 7) is -1.11. The highest BCUT2D eigenvalue weighted by Crippen LogP contribution is 2.38. The van der Waals surface area contributed by atoms with E-state index in [1.807, 2.05) is 0 Å². The Morgan fingerprint density at radius 2 is 1.69 bits per heavy atom. The maximum Gasteiger partial charge on any atom is 0.259 e. The van der Waals surface area contributed by atoms with Crippen molar-refractivity contribution < 1.29 is 52.7 Å². The SMILES string of the molecule is O=C(COC1C(C(=O)N(c2cc(Cl)cc(Cl)c2)[C@H]2CCCC[C@@H]2O)OC(CO)C(O)C1n1cc(-c2cc(F)c(F)c(F)c2)nn1)N1CC[C@H](O)C1. The van der Waals surface area contributed by atoms with Crippen molar-refractivity contribution in [1.29, 1.82) is 0 Å². The monoisotopic (exact) mass is 757 g/mol. The van der Waals surface area contributed by atoms with Gasteiger partial charge in [-0.25, -0.2) is 17.9 Å². The number of rotatable bonds is 9. The van der Waals surface area contributed by atoms with Crippen LogP contribution in [0.25, 0.3) is 11.3 Å². The van der Waals surface area contributed by atoms with Gasteiger partial charge in [-0.05, 0) is 49.6 Å². The van der Waals surface area contributed by atoms with Gasteiger partial charge in [0.1, 0.15) is 36.7 Å². The fourth-order valence-corrected chi connectivity index (χ4v) is 7.47. The highest BCUT2D eigenvalue weighted by molar-refractivity contribution is 6.35. The van der Waals surface area contributed by atoms with E-state index in [0.29, 0.717) is 44.2 Å². The minimum atomic E-state index is -1.68. The number of halogens is 5. The summed E-state index contributed by atoms with van der Waals surface area (Å²) in [6.07, 6.45) is -4.29. The highest BCUT2D eigenvalue weighted by atomic mass is 35.5. The number of likely N-dealkylation sites (tertiary alicyclic amines) is 1. The molecule has 1 aromatic heterocycles. The van der Waals surface area contributed by atoms with Gasteiger partial charge in [-0.1, -0.05) is 41.3 Å². The van der Waals surface area contributed by atoms with Gasteiger partial charge < -0.3 is 39.7 Å². The Hall–Kier alpha value is -3.35. The first-order valence-corrected chi connectivity index (χ1v) is 17.2. The lowest BCUT2D eigenvalue weighted by Crippen LogP contribution is -2.63. The smallest absolute Gasteiger partial charge is 0.259 e. The third-order valence-corrected chi connectivity index (χ3v) is 9.95. The third kappa shape index (κ3) is 7.88. The first-order valence-electron chi connectivity index (χ1n) is 16.4. The fourth-order valence-electron chi connectivity index (χ4n) is 6.96. The molecule has 2 amide bonds. The lowest BCUT2D eigenvalue weighted by molar-refractivity contribution is -0.217. The van der Waals surface area contributed by atoms with E-state index in [1.54, 1.807) is 0 Å². The molecule has 3 aliphatic rings. The van der Waals surface area contributed by atoms with E-state index in [2.05, 4.69) is 10.3 Å². The van der Waals surface area contributed by atoms with E-state index < -0.39 is 91.2 Å². The second kappa shape index (κ2) is 15.7. The van der Waals surface area contributed by atoms with E-state index in [9.17, 15) is 43.2 Å². The lowest BCUT2D eigenvalue weighted by Gasteiger charge is -2.46. The summed E-state index contributed by atoms with van der Waals surface area (Å²) in [6, 6.07) is 3.64. The fraction of sp³-hybridized carbons (Fsp3) is 0.515. The number of ether oxygens (including phenoxy) is 2. The molecule has 18 heteroatoms. The molecule has 5 unspecified atom stereocenters. The maximum absolute atomic E-state index is 14.9. The van der Waals surface area contributed by atoms with Gasteiger partial charge in [0.15, 0.2) is 23.6 Å². The number of aromatic nitrogens is 3. The van der Waals surface area contributed by atoms with Crippen molar-refractivity contribution >= 4 is 40.7 Å². The van der Waals surface area contributed by atoms with Crippen molar-refractivity contribution in [3.8, 4) is 11.3 Å². The molecule has 3 fully saturated rings. The number of amides is 2. The molecule has 51 heavy (non-hydrogen) atoms. The minimum Gasteiger partial charge on any atom is -0.394 e.